The lowest BCUT2D eigenvalue weighted by atomic mass is 10.2. The third-order valence-electron chi connectivity index (χ3n) is 5.35. The summed E-state index contributed by atoms with van der Waals surface area (Å²) in [5, 5.41) is 8.14. The second-order valence-electron chi connectivity index (χ2n) is 7.50. The van der Waals surface area contributed by atoms with Gasteiger partial charge in [-0.05, 0) is 36.2 Å². The van der Waals surface area contributed by atoms with Gasteiger partial charge in [-0.25, -0.2) is 13.2 Å². The normalized spacial score (nSPS) is 14.8. The summed E-state index contributed by atoms with van der Waals surface area (Å²) < 4.78 is 32.7. The van der Waals surface area contributed by atoms with Crippen LogP contribution in [0.1, 0.15) is 21.6 Å². The third-order valence-corrected chi connectivity index (χ3v) is 7.41. The Hall–Kier alpha value is -3.30. The zero-order chi connectivity index (χ0) is 22.6. The molecule has 1 fully saturated rings. The second-order valence-corrected chi connectivity index (χ2v) is 9.40. The van der Waals surface area contributed by atoms with E-state index in [9.17, 15) is 13.2 Å². The molecule has 1 aromatic heterocycles. The van der Waals surface area contributed by atoms with Crippen LogP contribution in [-0.2, 0) is 21.4 Å². The van der Waals surface area contributed by atoms with Crippen molar-refractivity contribution in [2.24, 2.45) is 0 Å². The third kappa shape index (κ3) is 4.79. The maximum atomic E-state index is 13.0. The van der Waals surface area contributed by atoms with Gasteiger partial charge in [-0.15, -0.1) is 10.2 Å². The van der Waals surface area contributed by atoms with E-state index in [0.717, 1.165) is 11.1 Å². The van der Waals surface area contributed by atoms with E-state index in [1.54, 1.807) is 37.3 Å². The molecule has 0 aliphatic carbocycles. The molecular weight excluding hydrogens is 428 g/mol. The molecule has 2 heterocycles. The van der Waals surface area contributed by atoms with Crippen LogP contribution < -0.4 is 4.90 Å². The maximum Gasteiger partial charge on any atom is 0.359 e. The van der Waals surface area contributed by atoms with Crippen LogP contribution in [0.4, 0.5) is 5.82 Å². The van der Waals surface area contributed by atoms with Gasteiger partial charge in [0.2, 0.25) is 10.0 Å². The fourth-order valence-electron chi connectivity index (χ4n) is 3.54. The van der Waals surface area contributed by atoms with Crippen LogP contribution in [0.15, 0.2) is 71.6 Å². The lowest BCUT2D eigenvalue weighted by Crippen LogP contribution is -2.49. The van der Waals surface area contributed by atoms with Gasteiger partial charge in [0.1, 0.15) is 6.61 Å². The topological polar surface area (TPSA) is 92.7 Å². The molecule has 0 bridgehead atoms. The molecule has 1 saturated heterocycles. The van der Waals surface area contributed by atoms with Crippen LogP contribution in [0.3, 0.4) is 0 Å². The summed E-state index contributed by atoms with van der Waals surface area (Å²) in [7, 11) is -3.54. The van der Waals surface area contributed by atoms with E-state index in [-0.39, 0.29) is 12.3 Å². The number of sulfonamides is 1. The smallest absolute Gasteiger partial charge is 0.359 e. The van der Waals surface area contributed by atoms with E-state index < -0.39 is 16.0 Å². The molecule has 0 unspecified atom stereocenters. The SMILES string of the molecule is Cc1ccccc1S(=O)(=O)N1CCN(c2ccc(C(=O)OCc3ccccc3)nn2)CC1. The maximum absolute atomic E-state index is 13.0. The quantitative estimate of drug-likeness (QED) is 0.531. The summed E-state index contributed by atoms with van der Waals surface area (Å²) in [6.45, 7) is 3.62. The van der Waals surface area contributed by atoms with E-state index in [4.69, 9.17) is 4.74 Å². The van der Waals surface area contributed by atoms with Crippen LogP contribution in [0, 0.1) is 6.92 Å². The summed E-state index contributed by atoms with van der Waals surface area (Å²) in [6, 6.07) is 19.7. The molecule has 0 amide bonds. The Kier molecular flexibility index (Phi) is 6.48. The fourth-order valence-corrected chi connectivity index (χ4v) is 5.19. The van der Waals surface area contributed by atoms with Crippen LogP contribution in [0.5, 0.6) is 0 Å². The van der Waals surface area contributed by atoms with Gasteiger partial charge in [0.05, 0.1) is 4.90 Å². The van der Waals surface area contributed by atoms with Crippen LogP contribution >= 0.6 is 0 Å². The lowest BCUT2D eigenvalue weighted by molar-refractivity contribution is 0.0464. The van der Waals surface area contributed by atoms with Crippen molar-refractivity contribution in [3.05, 3.63) is 83.6 Å². The molecule has 0 N–H and O–H groups in total. The molecule has 4 rings (SSSR count). The number of hydrogen-bond donors (Lipinski definition) is 0. The van der Waals surface area contributed by atoms with Gasteiger partial charge in [0.25, 0.3) is 0 Å². The number of aromatic nitrogens is 2. The molecule has 0 radical (unpaired) electrons. The number of anilines is 1. The average molecular weight is 453 g/mol. The van der Waals surface area contributed by atoms with Crippen LogP contribution in [0.2, 0.25) is 0 Å². The van der Waals surface area contributed by atoms with E-state index in [1.165, 1.54) is 4.31 Å². The molecule has 32 heavy (non-hydrogen) atoms. The standard InChI is InChI=1S/C23H24N4O4S/c1-18-7-5-6-10-21(18)32(29,30)27-15-13-26(14-16-27)22-12-11-20(24-25-22)23(28)31-17-19-8-3-2-4-9-19/h2-12H,13-17H2,1H3. The molecule has 0 spiro atoms. The Balaban J connectivity index is 1.35. The molecule has 1 aliphatic rings. The molecule has 1 aliphatic heterocycles. The van der Waals surface area contributed by atoms with Gasteiger partial charge < -0.3 is 9.64 Å². The number of nitrogens with zero attached hydrogens (tertiary/aromatic N) is 4. The van der Waals surface area contributed by atoms with Gasteiger partial charge in [-0.1, -0.05) is 48.5 Å². The van der Waals surface area contributed by atoms with E-state index in [2.05, 4.69) is 10.2 Å². The number of carbonyl (C=O) groups is 1. The summed E-state index contributed by atoms with van der Waals surface area (Å²) in [5.74, 6) is 0.0552. The van der Waals surface area contributed by atoms with Gasteiger partial charge in [-0.3, -0.25) is 0 Å². The average Bonchev–Trinajstić information content (AvgIpc) is 2.83. The Morgan fingerprint density at radius 1 is 0.906 bits per heavy atom. The number of ether oxygens (including phenoxy) is 1. The van der Waals surface area contributed by atoms with Crippen molar-refractivity contribution in [1.82, 2.24) is 14.5 Å². The van der Waals surface area contributed by atoms with Crippen molar-refractivity contribution in [3.63, 3.8) is 0 Å². The van der Waals surface area contributed by atoms with Gasteiger partial charge in [0, 0.05) is 26.2 Å². The minimum absolute atomic E-state index is 0.130. The monoisotopic (exact) mass is 452 g/mol. The zero-order valence-electron chi connectivity index (χ0n) is 17.7. The number of piperazine rings is 1. The summed E-state index contributed by atoms with van der Waals surface area (Å²) in [4.78, 5) is 14.5. The summed E-state index contributed by atoms with van der Waals surface area (Å²) in [5.41, 5.74) is 1.75. The van der Waals surface area contributed by atoms with Crippen molar-refractivity contribution in [1.29, 1.82) is 0 Å². The molecular formula is C23H24N4O4S. The van der Waals surface area contributed by atoms with Crippen molar-refractivity contribution >= 4 is 21.8 Å². The largest absolute Gasteiger partial charge is 0.456 e. The Morgan fingerprint density at radius 3 is 2.25 bits per heavy atom. The van der Waals surface area contributed by atoms with Gasteiger partial charge in [-0.2, -0.15) is 4.31 Å². The highest BCUT2D eigenvalue weighted by Crippen LogP contribution is 2.22. The molecule has 166 valence electrons. The van der Waals surface area contributed by atoms with Crippen molar-refractivity contribution < 1.29 is 17.9 Å². The van der Waals surface area contributed by atoms with E-state index in [0.29, 0.717) is 36.9 Å². The summed E-state index contributed by atoms with van der Waals surface area (Å²) >= 11 is 0. The fraction of sp³-hybridized carbons (Fsp3) is 0.261. The lowest BCUT2D eigenvalue weighted by Gasteiger charge is -2.34. The first kappa shape index (κ1) is 21.9. The van der Waals surface area contributed by atoms with Crippen molar-refractivity contribution in [3.8, 4) is 0 Å². The molecule has 0 atom stereocenters. The minimum Gasteiger partial charge on any atom is -0.456 e. The van der Waals surface area contributed by atoms with Gasteiger partial charge in [0.15, 0.2) is 11.5 Å². The Morgan fingerprint density at radius 2 is 1.59 bits per heavy atom. The van der Waals surface area contributed by atoms with E-state index >= 15 is 0 Å². The first-order valence-corrected chi connectivity index (χ1v) is 11.7. The highest BCUT2D eigenvalue weighted by atomic mass is 32.2. The highest BCUT2D eigenvalue weighted by molar-refractivity contribution is 7.89. The number of rotatable bonds is 6. The molecule has 0 saturated carbocycles. The zero-order valence-corrected chi connectivity index (χ0v) is 18.5. The predicted molar refractivity (Wildman–Crippen MR) is 120 cm³/mol. The first-order chi connectivity index (χ1) is 15.4. The number of carbonyl (C=O) groups excluding carboxylic acids is 1. The number of benzene rings is 2. The number of aryl methyl sites for hydroxylation is 1. The molecule has 3 aromatic rings. The molecule has 2 aromatic carbocycles. The predicted octanol–water partition coefficient (Wildman–Crippen LogP) is 2.65. The van der Waals surface area contributed by atoms with Gasteiger partial charge >= 0.3 is 5.97 Å². The summed E-state index contributed by atoms with van der Waals surface area (Å²) in [6.07, 6.45) is 0. The Bertz CT molecular complexity index is 1180. The van der Waals surface area contributed by atoms with E-state index in [1.807, 2.05) is 41.3 Å². The van der Waals surface area contributed by atoms with Crippen LogP contribution in [0.25, 0.3) is 0 Å². The molecule has 9 heteroatoms. The Labute approximate surface area is 187 Å². The first-order valence-electron chi connectivity index (χ1n) is 10.3. The minimum atomic E-state index is -3.54. The van der Waals surface area contributed by atoms with Crippen molar-refractivity contribution in [2.45, 2.75) is 18.4 Å². The second kappa shape index (κ2) is 9.46. The van der Waals surface area contributed by atoms with Crippen molar-refractivity contribution in [2.75, 3.05) is 31.1 Å². The number of hydrogen-bond acceptors (Lipinski definition) is 7. The van der Waals surface area contributed by atoms with Crippen LogP contribution in [-0.4, -0.2) is 55.1 Å². The number of esters is 1. The molecule has 8 nitrogen and oxygen atoms in total. The highest BCUT2D eigenvalue weighted by Gasteiger charge is 2.30.